The summed E-state index contributed by atoms with van der Waals surface area (Å²) in [5, 5.41) is 10.5. The van der Waals surface area contributed by atoms with Gasteiger partial charge in [-0.2, -0.15) is 0 Å². The summed E-state index contributed by atoms with van der Waals surface area (Å²) in [5.41, 5.74) is 3.83. The van der Waals surface area contributed by atoms with Gasteiger partial charge in [0.15, 0.2) is 5.75 Å². The van der Waals surface area contributed by atoms with Gasteiger partial charge in [-0.1, -0.05) is 60.7 Å². The number of hydrogen-bond acceptors (Lipinski definition) is 3. The lowest BCUT2D eigenvalue weighted by atomic mass is 10.1. The number of oxazole rings is 1. The van der Waals surface area contributed by atoms with Crippen LogP contribution in [0.1, 0.15) is 0 Å². The van der Waals surface area contributed by atoms with Gasteiger partial charge in [0, 0.05) is 17.3 Å². The highest BCUT2D eigenvalue weighted by atomic mass is 16.3. The van der Waals surface area contributed by atoms with E-state index in [-0.39, 0.29) is 5.75 Å². The molecule has 23 heavy (non-hydrogen) atoms. The zero-order chi connectivity index (χ0) is 15.6. The molecule has 0 bridgehead atoms. The number of aromatic hydroxyl groups is 1. The first kappa shape index (κ1) is 13.4. The van der Waals surface area contributed by atoms with Crippen LogP contribution in [0.5, 0.6) is 5.75 Å². The van der Waals surface area contributed by atoms with E-state index in [2.05, 4.69) is 9.97 Å². The van der Waals surface area contributed by atoms with Gasteiger partial charge in [-0.05, 0) is 5.56 Å². The zero-order valence-electron chi connectivity index (χ0n) is 12.2. The molecular weight excluding hydrogens is 288 g/mol. The van der Waals surface area contributed by atoms with Crippen LogP contribution in [0.3, 0.4) is 0 Å². The molecule has 0 aliphatic carbocycles. The molecule has 2 heterocycles. The van der Waals surface area contributed by atoms with Crippen LogP contribution in [0.25, 0.3) is 34.0 Å². The fourth-order valence-corrected chi connectivity index (χ4v) is 2.55. The molecule has 4 heteroatoms. The third-order valence-corrected chi connectivity index (χ3v) is 3.73. The molecule has 2 N–H and O–H groups in total. The molecule has 4 aromatic rings. The van der Waals surface area contributed by atoms with E-state index in [9.17, 15) is 5.11 Å². The molecule has 0 aliphatic heterocycles. The summed E-state index contributed by atoms with van der Waals surface area (Å²) in [6.45, 7) is 0. The third-order valence-electron chi connectivity index (χ3n) is 3.73. The topological polar surface area (TPSA) is 62.0 Å². The summed E-state index contributed by atoms with van der Waals surface area (Å²) >= 11 is 0. The summed E-state index contributed by atoms with van der Waals surface area (Å²) < 4.78 is 5.53. The predicted molar refractivity (Wildman–Crippen MR) is 88.8 cm³/mol. The van der Waals surface area contributed by atoms with E-state index in [1.165, 1.54) is 0 Å². The first-order chi connectivity index (χ1) is 11.3. The Morgan fingerprint density at radius 3 is 2.22 bits per heavy atom. The number of nitrogens with zero attached hydrogens (tertiary/aromatic N) is 1. The minimum Gasteiger partial charge on any atom is -0.505 e. The van der Waals surface area contributed by atoms with Crippen molar-refractivity contribution in [2.45, 2.75) is 0 Å². The van der Waals surface area contributed by atoms with Gasteiger partial charge in [-0.25, -0.2) is 4.98 Å². The Bertz CT molecular complexity index is 924. The van der Waals surface area contributed by atoms with E-state index in [0.29, 0.717) is 11.6 Å². The van der Waals surface area contributed by atoms with Crippen LogP contribution in [0, 0.1) is 0 Å². The van der Waals surface area contributed by atoms with Crippen molar-refractivity contribution in [1.82, 2.24) is 9.97 Å². The summed E-state index contributed by atoms with van der Waals surface area (Å²) in [7, 11) is 0. The van der Waals surface area contributed by atoms with Gasteiger partial charge in [0.05, 0.1) is 0 Å². The van der Waals surface area contributed by atoms with Crippen molar-refractivity contribution in [1.29, 1.82) is 0 Å². The Kier molecular flexibility index (Phi) is 3.20. The Labute approximate surface area is 133 Å². The number of H-pyrrole nitrogens is 1. The third kappa shape index (κ3) is 2.40. The lowest BCUT2D eigenvalue weighted by molar-refractivity contribution is 0.475. The molecule has 4 rings (SSSR count). The van der Waals surface area contributed by atoms with Crippen LogP contribution in [0.15, 0.2) is 77.5 Å². The highest BCUT2D eigenvalue weighted by Gasteiger charge is 2.17. The molecule has 0 spiro atoms. The van der Waals surface area contributed by atoms with Gasteiger partial charge in [0.1, 0.15) is 17.7 Å². The highest BCUT2D eigenvalue weighted by Crippen LogP contribution is 2.37. The highest BCUT2D eigenvalue weighted by molar-refractivity contribution is 5.78. The molecule has 0 unspecified atom stereocenters. The molecular formula is C19H14N2O2. The van der Waals surface area contributed by atoms with Gasteiger partial charge in [0.25, 0.3) is 0 Å². The van der Waals surface area contributed by atoms with Crippen molar-refractivity contribution in [3.05, 3.63) is 73.1 Å². The lowest BCUT2D eigenvalue weighted by Gasteiger charge is -1.99. The summed E-state index contributed by atoms with van der Waals surface area (Å²) in [4.78, 5) is 7.51. The summed E-state index contributed by atoms with van der Waals surface area (Å²) in [6.07, 6.45) is 3.35. The molecule has 0 atom stereocenters. The number of benzene rings is 2. The second-order valence-corrected chi connectivity index (χ2v) is 5.20. The lowest BCUT2D eigenvalue weighted by Crippen LogP contribution is -1.80. The van der Waals surface area contributed by atoms with Crippen molar-refractivity contribution in [2.24, 2.45) is 0 Å². The first-order valence-corrected chi connectivity index (χ1v) is 7.30. The van der Waals surface area contributed by atoms with Gasteiger partial charge in [-0.3, -0.25) is 0 Å². The number of rotatable bonds is 3. The summed E-state index contributed by atoms with van der Waals surface area (Å²) in [6, 6.07) is 19.5. The van der Waals surface area contributed by atoms with Crippen molar-refractivity contribution >= 4 is 0 Å². The van der Waals surface area contributed by atoms with Crippen molar-refractivity contribution in [3.8, 4) is 39.7 Å². The quantitative estimate of drug-likeness (QED) is 0.576. The SMILES string of the molecule is Oc1c(-c2ccccc2)c[nH]c1-c1nc(-c2ccccc2)co1. The van der Waals surface area contributed by atoms with E-state index in [4.69, 9.17) is 4.42 Å². The maximum absolute atomic E-state index is 10.5. The molecule has 2 aromatic heterocycles. The number of aromatic nitrogens is 2. The van der Waals surface area contributed by atoms with E-state index < -0.39 is 0 Å². The Morgan fingerprint density at radius 2 is 1.52 bits per heavy atom. The number of aromatic amines is 1. The normalized spacial score (nSPS) is 10.8. The van der Waals surface area contributed by atoms with Crippen molar-refractivity contribution in [3.63, 3.8) is 0 Å². The van der Waals surface area contributed by atoms with Gasteiger partial charge in [-0.15, -0.1) is 0 Å². The van der Waals surface area contributed by atoms with Crippen LogP contribution >= 0.6 is 0 Å². The average Bonchev–Trinajstić information content (AvgIpc) is 3.23. The van der Waals surface area contributed by atoms with Crippen molar-refractivity contribution < 1.29 is 9.52 Å². The molecule has 0 aliphatic rings. The molecule has 0 saturated heterocycles. The van der Waals surface area contributed by atoms with E-state index >= 15 is 0 Å². The maximum Gasteiger partial charge on any atom is 0.247 e. The Hall–Kier alpha value is -3.27. The fraction of sp³-hybridized carbons (Fsp3) is 0. The Morgan fingerprint density at radius 1 is 0.870 bits per heavy atom. The molecule has 0 fully saturated rings. The zero-order valence-corrected chi connectivity index (χ0v) is 12.2. The minimum absolute atomic E-state index is 0.137. The average molecular weight is 302 g/mol. The minimum atomic E-state index is 0.137. The molecule has 4 nitrogen and oxygen atoms in total. The van der Waals surface area contributed by atoms with Crippen LogP contribution in [0.4, 0.5) is 0 Å². The van der Waals surface area contributed by atoms with Gasteiger partial charge >= 0.3 is 0 Å². The second kappa shape index (κ2) is 5.50. The van der Waals surface area contributed by atoms with Gasteiger partial charge in [0.2, 0.25) is 5.89 Å². The van der Waals surface area contributed by atoms with E-state index in [1.54, 1.807) is 12.5 Å². The summed E-state index contributed by atoms with van der Waals surface area (Å²) in [5.74, 6) is 0.501. The van der Waals surface area contributed by atoms with Crippen LogP contribution < -0.4 is 0 Å². The molecule has 112 valence electrons. The largest absolute Gasteiger partial charge is 0.505 e. The number of hydrogen-bond donors (Lipinski definition) is 2. The van der Waals surface area contributed by atoms with E-state index in [0.717, 1.165) is 22.4 Å². The Balaban J connectivity index is 1.73. The smallest absolute Gasteiger partial charge is 0.247 e. The first-order valence-electron chi connectivity index (χ1n) is 7.30. The van der Waals surface area contributed by atoms with Crippen LogP contribution in [-0.4, -0.2) is 15.1 Å². The predicted octanol–water partition coefficient (Wildman–Crippen LogP) is 4.71. The number of nitrogens with one attached hydrogen (secondary N) is 1. The van der Waals surface area contributed by atoms with E-state index in [1.807, 2.05) is 60.7 Å². The molecule has 0 saturated carbocycles. The molecule has 0 amide bonds. The van der Waals surface area contributed by atoms with Crippen LogP contribution in [0.2, 0.25) is 0 Å². The van der Waals surface area contributed by atoms with Crippen LogP contribution in [-0.2, 0) is 0 Å². The van der Waals surface area contributed by atoms with Gasteiger partial charge < -0.3 is 14.5 Å². The van der Waals surface area contributed by atoms with Crippen molar-refractivity contribution in [2.75, 3.05) is 0 Å². The second-order valence-electron chi connectivity index (χ2n) is 5.20. The monoisotopic (exact) mass is 302 g/mol. The molecule has 0 radical (unpaired) electrons. The fourth-order valence-electron chi connectivity index (χ4n) is 2.55. The maximum atomic E-state index is 10.5. The standard InChI is InChI=1S/C19H14N2O2/c22-18-15(13-7-3-1-4-8-13)11-20-17(18)19-21-16(12-23-19)14-9-5-2-6-10-14/h1-12,20,22H. The molecule has 2 aromatic carbocycles.